The van der Waals surface area contributed by atoms with Crippen LogP contribution >= 0.6 is 0 Å². The molecule has 0 aliphatic carbocycles. The van der Waals surface area contributed by atoms with Gasteiger partial charge in [-0.2, -0.15) is 0 Å². The highest BCUT2D eigenvalue weighted by Gasteiger charge is 1.98. The summed E-state index contributed by atoms with van der Waals surface area (Å²) in [5, 5.41) is 4.68. The maximum Gasteiger partial charge on any atom is 0.0474 e. The number of aromatic nitrogens is 1. The van der Waals surface area contributed by atoms with E-state index in [2.05, 4.69) is 41.5 Å². The smallest absolute Gasteiger partial charge is 0.0474 e. The Morgan fingerprint density at radius 3 is 3.08 bits per heavy atom. The van der Waals surface area contributed by atoms with Gasteiger partial charge in [0, 0.05) is 29.3 Å². The summed E-state index contributed by atoms with van der Waals surface area (Å²) in [7, 11) is 0. The van der Waals surface area contributed by atoms with E-state index in [9.17, 15) is 0 Å². The van der Waals surface area contributed by atoms with Crippen molar-refractivity contribution in [2.24, 2.45) is 0 Å². The van der Waals surface area contributed by atoms with Crippen LogP contribution in [-0.2, 0) is 0 Å². The lowest BCUT2D eigenvalue weighted by Crippen LogP contribution is -1.99. The average molecular weight is 174 g/mol. The Hall–Kier alpha value is -1.44. The molecule has 0 saturated heterocycles. The van der Waals surface area contributed by atoms with Gasteiger partial charge in [0.25, 0.3) is 0 Å². The summed E-state index contributed by atoms with van der Waals surface area (Å²) in [5.41, 5.74) is 2.42. The third kappa shape index (κ3) is 1.52. The van der Waals surface area contributed by atoms with Crippen LogP contribution in [0.4, 0.5) is 5.69 Å². The van der Waals surface area contributed by atoms with E-state index in [-0.39, 0.29) is 0 Å². The predicted octanol–water partition coefficient (Wildman–Crippen LogP) is 2.99. The molecule has 0 radical (unpaired) electrons. The maximum absolute atomic E-state index is 3.40. The van der Waals surface area contributed by atoms with Crippen molar-refractivity contribution in [1.82, 2.24) is 4.98 Å². The Bertz CT molecular complexity index is 390. The van der Waals surface area contributed by atoms with Crippen LogP contribution in [0.1, 0.15) is 13.3 Å². The van der Waals surface area contributed by atoms with E-state index in [1.54, 1.807) is 0 Å². The van der Waals surface area contributed by atoms with Crippen molar-refractivity contribution < 1.29 is 0 Å². The van der Waals surface area contributed by atoms with Crippen LogP contribution in [-0.4, -0.2) is 11.5 Å². The van der Waals surface area contributed by atoms with Crippen molar-refractivity contribution in [3.63, 3.8) is 0 Å². The number of nitrogens with one attached hydrogen (secondary N) is 2. The van der Waals surface area contributed by atoms with E-state index in [0.29, 0.717) is 0 Å². The van der Waals surface area contributed by atoms with E-state index >= 15 is 0 Å². The number of hydrogen-bond donors (Lipinski definition) is 2. The highest BCUT2D eigenvalue weighted by molar-refractivity contribution is 5.91. The van der Waals surface area contributed by atoms with Gasteiger partial charge in [-0.15, -0.1) is 0 Å². The number of H-pyrrole nitrogens is 1. The van der Waals surface area contributed by atoms with Crippen LogP contribution in [0.5, 0.6) is 0 Å². The van der Waals surface area contributed by atoms with Crippen LogP contribution in [0.25, 0.3) is 10.9 Å². The average Bonchev–Trinajstić information content (AvgIpc) is 2.62. The maximum atomic E-state index is 3.40. The lowest BCUT2D eigenvalue weighted by molar-refractivity contribution is 0.981. The van der Waals surface area contributed by atoms with Gasteiger partial charge in [0.1, 0.15) is 0 Å². The molecule has 0 amide bonds. The highest BCUT2D eigenvalue weighted by atomic mass is 14.9. The minimum absolute atomic E-state index is 1.03. The van der Waals surface area contributed by atoms with Crippen molar-refractivity contribution in [1.29, 1.82) is 0 Å². The second kappa shape index (κ2) is 3.52. The standard InChI is InChI=1S/C11H14N2/c1-2-7-12-10-4-3-5-11-9(10)6-8-13-11/h3-6,8,12-13H,2,7H2,1H3. The minimum atomic E-state index is 1.03. The zero-order valence-electron chi connectivity index (χ0n) is 7.80. The van der Waals surface area contributed by atoms with E-state index in [0.717, 1.165) is 13.0 Å². The summed E-state index contributed by atoms with van der Waals surface area (Å²) in [4.78, 5) is 3.20. The Morgan fingerprint density at radius 1 is 1.31 bits per heavy atom. The topological polar surface area (TPSA) is 27.8 Å². The molecule has 2 aromatic rings. The summed E-state index contributed by atoms with van der Waals surface area (Å²) < 4.78 is 0. The van der Waals surface area contributed by atoms with Gasteiger partial charge in [-0.05, 0) is 24.6 Å². The van der Waals surface area contributed by atoms with Gasteiger partial charge in [0.15, 0.2) is 0 Å². The first-order valence-electron chi connectivity index (χ1n) is 4.72. The Balaban J connectivity index is 2.37. The van der Waals surface area contributed by atoms with Crippen molar-refractivity contribution in [3.05, 3.63) is 30.5 Å². The first-order valence-corrected chi connectivity index (χ1v) is 4.72. The van der Waals surface area contributed by atoms with Crippen molar-refractivity contribution in [2.45, 2.75) is 13.3 Å². The molecular weight excluding hydrogens is 160 g/mol. The van der Waals surface area contributed by atoms with Crippen LogP contribution in [0.15, 0.2) is 30.5 Å². The molecule has 2 heteroatoms. The van der Waals surface area contributed by atoms with Gasteiger partial charge in [0.05, 0.1) is 0 Å². The molecule has 2 nitrogen and oxygen atoms in total. The summed E-state index contributed by atoms with van der Waals surface area (Å²) >= 11 is 0. The van der Waals surface area contributed by atoms with E-state index in [1.807, 2.05) is 6.20 Å². The zero-order chi connectivity index (χ0) is 9.10. The summed E-state index contributed by atoms with van der Waals surface area (Å²) in [6, 6.07) is 8.38. The molecule has 2 rings (SSSR count). The van der Waals surface area contributed by atoms with Crippen LogP contribution < -0.4 is 5.32 Å². The van der Waals surface area contributed by atoms with Gasteiger partial charge in [-0.25, -0.2) is 0 Å². The van der Waals surface area contributed by atoms with Gasteiger partial charge in [-0.1, -0.05) is 13.0 Å². The van der Waals surface area contributed by atoms with Crippen LogP contribution in [0.2, 0.25) is 0 Å². The molecule has 0 bridgehead atoms. The molecule has 0 unspecified atom stereocenters. The quantitative estimate of drug-likeness (QED) is 0.735. The SMILES string of the molecule is CCCNc1cccc2[nH]ccc12. The second-order valence-electron chi connectivity index (χ2n) is 3.17. The molecule has 13 heavy (non-hydrogen) atoms. The monoisotopic (exact) mass is 174 g/mol. The fourth-order valence-corrected chi connectivity index (χ4v) is 1.50. The van der Waals surface area contributed by atoms with Crippen molar-refractivity contribution in [2.75, 3.05) is 11.9 Å². The summed E-state index contributed by atoms with van der Waals surface area (Å²) in [6.07, 6.45) is 3.13. The predicted molar refractivity (Wildman–Crippen MR) is 57.1 cm³/mol. The molecule has 0 aliphatic rings. The lowest BCUT2D eigenvalue weighted by Gasteiger charge is -2.05. The molecule has 0 spiro atoms. The second-order valence-corrected chi connectivity index (χ2v) is 3.17. The van der Waals surface area contributed by atoms with E-state index < -0.39 is 0 Å². The van der Waals surface area contributed by atoms with Gasteiger partial charge >= 0.3 is 0 Å². The Morgan fingerprint density at radius 2 is 2.23 bits per heavy atom. The van der Waals surface area contributed by atoms with Crippen LogP contribution in [0.3, 0.4) is 0 Å². The molecule has 0 atom stereocenters. The molecule has 1 aromatic heterocycles. The Labute approximate surface area is 78.0 Å². The Kier molecular flexibility index (Phi) is 2.21. The molecule has 2 N–H and O–H groups in total. The fraction of sp³-hybridized carbons (Fsp3) is 0.273. The van der Waals surface area contributed by atoms with Gasteiger partial charge < -0.3 is 10.3 Å². The van der Waals surface area contributed by atoms with E-state index in [1.165, 1.54) is 16.6 Å². The summed E-state index contributed by atoms with van der Waals surface area (Å²) in [5.74, 6) is 0. The lowest BCUT2D eigenvalue weighted by atomic mass is 10.2. The third-order valence-corrected chi connectivity index (χ3v) is 2.16. The molecule has 1 heterocycles. The third-order valence-electron chi connectivity index (χ3n) is 2.16. The molecule has 0 aliphatic heterocycles. The normalized spacial score (nSPS) is 10.5. The van der Waals surface area contributed by atoms with Crippen molar-refractivity contribution >= 4 is 16.6 Å². The number of hydrogen-bond acceptors (Lipinski definition) is 1. The molecule has 68 valence electrons. The van der Waals surface area contributed by atoms with Gasteiger partial charge in [0.2, 0.25) is 0 Å². The highest BCUT2D eigenvalue weighted by Crippen LogP contribution is 2.21. The zero-order valence-corrected chi connectivity index (χ0v) is 7.80. The van der Waals surface area contributed by atoms with E-state index in [4.69, 9.17) is 0 Å². The number of fused-ring (bicyclic) bond motifs is 1. The molecule has 1 aromatic carbocycles. The van der Waals surface area contributed by atoms with Crippen molar-refractivity contribution in [3.8, 4) is 0 Å². The fourth-order valence-electron chi connectivity index (χ4n) is 1.50. The number of anilines is 1. The molecule has 0 fully saturated rings. The number of rotatable bonds is 3. The largest absolute Gasteiger partial charge is 0.385 e. The first-order chi connectivity index (χ1) is 6.42. The van der Waals surface area contributed by atoms with Gasteiger partial charge in [-0.3, -0.25) is 0 Å². The van der Waals surface area contributed by atoms with Crippen LogP contribution in [0, 0.1) is 0 Å². The minimum Gasteiger partial charge on any atom is -0.385 e. The first kappa shape index (κ1) is 8.17. The summed E-state index contributed by atoms with van der Waals surface area (Å²) in [6.45, 7) is 3.20. The molecule has 0 saturated carbocycles. The number of aromatic amines is 1. The number of benzene rings is 1. The molecular formula is C11H14N2.